The normalized spacial score (nSPS) is 3.43. The molecule has 0 saturated heterocycles. The Morgan fingerprint density at radius 3 is 1.14 bits per heavy atom. The molecular weight excluding hydrogens is 375 g/mol. The van der Waals surface area contributed by atoms with Crippen molar-refractivity contribution < 1.29 is 88.7 Å². The number of rotatable bonds is 0. The second kappa shape index (κ2) is 15.7. The van der Waals surface area contributed by atoms with E-state index in [4.69, 9.17) is 15.3 Å². The summed E-state index contributed by atoms with van der Waals surface area (Å²) in [6.45, 7) is 0. The quantitative estimate of drug-likeness (QED) is 0.330. The summed E-state index contributed by atoms with van der Waals surface area (Å²) in [5, 5.41) is 14.8. The molecule has 0 aromatic heterocycles. The Bertz CT molecular complexity index is 35.9. The van der Waals surface area contributed by atoms with Crippen molar-refractivity contribution in [1.82, 2.24) is 0 Å². The van der Waals surface area contributed by atoms with Crippen molar-refractivity contribution in [2.24, 2.45) is 0 Å². The van der Waals surface area contributed by atoms with Crippen LogP contribution in [0.4, 0.5) is 0 Å². The molecule has 0 saturated carbocycles. The minimum Gasteiger partial charge on any atom is -1.00 e. The molecular formula is ClLa2NO3+4. The van der Waals surface area contributed by atoms with Crippen molar-refractivity contribution in [3.63, 3.8) is 0 Å². The minimum absolute atomic E-state index is 0. The summed E-state index contributed by atoms with van der Waals surface area (Å²) in [7, 11) is 0. The first-order valence-electron chi connectivity index (χ1n) is 0.548. The number of nitrogens with zero attached hydrogens (tertiary/aromatic N) is 1. The topological polar surface area (TPSA) is 66.2 Å². The monoisotopic (exact) mass is 375 g/mol. The van der Waals surface area contributed by atoms with Gasteiger partial charge in [-0.2, -0.15) is 0 Å². The van der Waals surface area contributed by atoms with Crippen molar-refractivity contribution in [3.8, 4) is 0 Å². The van der Waals surface area contributed by atoms with Gasteiger partial charge < -0.3 is 27.7 Å². The zero-order chi connectivity index (χ0) is 3.58. The molecule has 0 aliphatic heterocycles. The molecule has 7 heteroatoms. The summed E-state index contributed by atoms with van der Waals surface area (Å²) in [4.78, 5) is 8.25. The van der Waals surface area contributed by atoms with Gasteiger partial charge in [0, 0.05) is 0 Å². The number of halogens is 1. The van der Waals surface area contributed by atoms with Crippen molar-refractivity contribution in [2.75, 3.05) is 0 Å². The average molecular weight is 375 g/mol. The van der Waals surface area contributed by atoms with E-state index in [9.17, 15) is 0 Å². The van der Waals surface area contributed by atoms with Crippen LogP contribution in [0.1, 0.15) is 0 Å². The van der Waals surface area contributed by atoms with E-state index in [1.54, 1.807) is 0 Å². The summed E-state index contributed by atoms with van der Waals surface area (Å²) >= 11 is 0. The van der Waals surface area contributed by atoms with Crippen LogP contribution in [0.25, 0.3) is 0 Å². The van der Waals surface area contributed by atoms with Gasteiger partial charge in [-0.1, -0.05) is 0 Å². The van der Waals surface area contributed by atoms with Crippen LogP contribution in [0, 0.1) is 86.5 Å². The Balaban J connectivity index is -0.0000000150. The van der Waals surface area contributed by atoms with E-state index in [2.05, 4.69) is 0 Å². The fourth-order valence-electron chi connectivity index (χ4n) is 0. The second-order valence-corrected chi connectivity index (χ2v) is 0.224. The van der Waals surface area contributed by atoms with Gasteiger partial charge in [-0.15, -0.1) is 0 Å². The smallest absolute Gasteiger partial charge is 1.00 e. The largest absolute Gasteiger partial charge is 3.00 e. The standard InChI is InChI=1S/ClH.2La.NO3/c;;;2-1(3)4/h1H;;;/q;2*+3;-1/p-1. The molecule has 0 aromatic rings. The molecule has 0 bridgehead atoms. The van der Waals surface area contributed by atoms with Crippen LogP contribution in [-0.2, 0) is 0 Å². The van der Waals surface area contributed by atoms with Gasteiger partial charge in [-0.05, 0) is 0 Å². The third-order valence-electron chi connectivity index (χ3n) is 0. The van der Waals surface area contributed by atoms with Gasteiger partial charge in [-0.25, -0.2) is 0 Å². The second-order valence-electron chi connectivity index (χ2n) is 0.224. The van der Waals surface area contributed by atoms with Gasteiger partial charge in [0.1, 0.15) is 0 Å². The Hall–Kier alpha value is 1.88. The molecule has 0 N–H and O–H groups in total. The van der Waals surface area contributed by atoms with Gasteiger partial charge in [-0.3, -0.25) is 0 Å². The van der Waals surface area contributed by atoms with Gasteiger partial charge in [0.2, 0.25) is 0 Å². The summed E-state index contributed by atoms with van der Waals surface area (Å²) in [6, 6.07) is 0. The maximum absolute atomic E-state index is 8.25. The molecule has 0 unspecified atom stereocenters. The predicted octanol–water partition coefficient (Wildman–Crippen LogP) is -3.24. The van der Waals surface area contributed by atoms with E-state index in [-0.39, 0.29) is 83.6 Å². The van der Waals surface area contributed by atoms with Crippen molar-refractivity contribution in [2.45, 2.75) is 0 Å². The Labute approximate surface area is 102 Å². The van der Waals surface area contributed by atoms with E-state index >= 15 is 0 Å². The molecule has 0 rings (SSSR count). The predicted molar refractivity (Wildman–Crippen MR) is 10.4 cm³/mol. The summed E-state index contributed by atoms with van der Waals surface area (Å²) in [5.74, 6) is 0. The molecule has 0 aliphatic carbocycles. The molecule has 7 heavy (non-hydrogen) atoms. The number of hydrogen-bond acceptors (Lipinski definition) is 3. The van der Waals surface area contributed by atoms with Crippen LogP contribution >= 0.6 is 0 Å². The molecule has 0 atom stereocenters. The van der Waals surface area contributed by atoms with Crippen molar-refractivity contribution in [1.29, 1.82) is 0 Å². The third-order valence-corrected chi connectivity index (χ3v) is 0. The fourth-order valence-corrected chi connectivity index (χ4v) is 0. The van der Waals surface area contributed by atoms with Crippen LogP contribution < -0.4 is 12.4 Å². The van der Waals surface area contributed by atoms with Crippen molar-refractivity contribution >= 4 is 0 Å². The van der Waals surface area contributed by atoms with Crippen LogP contribution in [0.15, 0.2) is 0 Å². The molecule has 0 aliphatic rings. The minimum atomic E-state index is -1.75. The Kier molecular flexibility index (Phi) is 51.8. The zero-order valence-corrected chi connectivity index (χ0v) is 11.2. The maximum atomic E-state index is 8.25. The summed E-state index contributed by atoms with van der Waals surface area (Å²) < 4.78 is 0. The third kappa shape index (κ3) is 77.1. The van der Waals surface area contributed by atoms with E-state index in [0.29, 0.717) is 0 Å². The van der Waals surface area contributed by atoms with E-state index in [1.165, 1.54) is 0 Å². The fraction of sp³-hybridized carbons (Fsp3) is 0. The Morgan fingerprint density at radius 2 is 1.14 bits per heavy atom. The Morgan fingerprint density at radius 1 is 1.14 bits per heavy atom. The van der Waals surface area contributed by atoms with Crippen LogP contribution in [0.2, 0.25) is 0 Å². The molecule has 0 radical (unpaired) electrons. The first-order chi connectivity index (χ1) is 1.73. The first-order valence-corrected chi connectivity index (χ1v) is 0.548. The first kappa shape index (κ1) is 23.2. The van der Waals surface area contributed by atoms with E-state index < -0.39 is 5.09 Å². The van der Waals surface area contributed by atoms with Gasteiger partial charge in [0.15, 0.2) is 0 Å². The molecule has 32 valence electrons. The van der Waals surface area contributed by atoms with Crippen LogP contribution in [-0.4, -0.2) is 5.09 Å². The molecule has 0 amide bonds. The van der Waals surface area contributed by atoms with E-state index in [0.717, 1.165) is 0 Å². The molecule has 0 fully saturated rings. The van der Waals surface area contributed by atoms with Crippen LogP contribution in [0.3, 0.4) is 0 Å². The average Bonchev–Trinajstić information content (AvgIpc) is 0.811. The summed E-state index contributed by atoms with van der Waals surface area (Å²) in [5.41, 5.74) is 0. The van der Waals surface area contributed by atoms with Gasteiger partial charge in [0.05, 0.1) is 5.09 Å². The molecule has 0 spiro atoms. The SMILES string of the molecule is O=[N+]([O-])[O-].[Cl-].[La+3].[La+3]. The molecule has 0 aromatic carbocycles. The number of hydrogen-bond donors (Lipinski definition) is 0. The van der Waals surface area contributed by atoms with Gasteiger partial charge >= 0.3 is 71.2 Å². The molecule has 4 nitrogen and oxygen atoms in total. The van der Waals surface area contributed by atoms with E-state index in [1.807, 2.05) is 0 Å². The zero-order valence-electron chi connectivity index (χ0n) is 3.20. The van der Waals surface area contributed by atoms with Crippen molar-refractivity contribution in [3.05, 3.63) is 15.3 Å². The maximum Gasteiger partial charge on any atom is 3.00 e. The van der Waals surface area contributed by atoms with Gasteiger partial charge in [0.25, 0.3) is 0 Å². The molecule has 0 heterocycles. The van der Waals surface area contributed by atoms with Crippen LogP contribution in [0.5, 0.6) is 0 Å². The summed E-state index contributed by atoms with van der Waals surface area (Å²) in [6.07, 6.45) is 0.